The first kappa shape index (κ1) is 31.1. The van der Waals surface area contributed by atoms with Crippen molar-refractivity contribution < 1.29 is 19.1 Å². The maximum Gasteiger partial charge on any atom is 0.410 e. The van der Waals surface area contributed by atoms with Gasteiger partial charge < -0.3 is 18.9 Å². The molecule has 4 heterocycles. The number of nitrogens with one attached hydrogen (secondary N) is 1. The molecule has 0 aliphatic carbocycles. The van der Waals surface area contributed by atoms with Crippen molar-refractivity contribution in [1.82, 2.24) is 24.3 Å². The molecule has 10 nitrogen and oxygen atoms in total. The number of aromatic nitrogens is 3. The number of pyridine rings is 1. The molecule has 2 aliphatic heterocycles. The molecule has 5 rings (SSSR count). The van der Waals surface area contributed by atoms with Crippen LogP contribution in [0.1, 0.15) is 80.7 Å². The molecular weight excluding hydrogens is 568 g/mol. The molecule has 2 aliphatic rings. The Balaban J connectivity index is 1.51. The number of nitrogens with zero attached hydrogens (tertiary/aromatic N) is 5. The SMILES string of the molecule is Cc1cc(C(=O)Nc2nc3ccc(OCCN4CCCC4)c(Cl)c3n2[C@@H]2CCCCN(C(=O)OC(C)(C)C)C2)cc(C)n1. The number of amides is 2. The highest BCUT2D eigenvalue weighted by Gasteiger charge is 2.31. The highest BCUT2D eigenvalue weighted by Crippen LogP contribution is 2.38. The van der Waals surface area contributed by atoms with Crippen LogP contribution in [0.4, 0.5) is 10.7 Å². The Morgan fingerprint density at radius 1 is 1.02 bits per heavy atom. The minimum atomic E-state index is -0.606. The van der Waals surface area contributed by atoms with Crippen LogP contribution in [-0.4, -0.2) is 81.3 Å². The van der Waals surface area contributed by atoms with E-state index >= 15 is 0 Å². The van der Waals surface area contributed by atoms with Gasteiger partial charge in [0.25, 0.3) is 5.91 Å². The quantitative estimate of drug-likeness (QED) is 0.331. The van der Waals surface area contributed by atoms with E-state index in [9.17, 15) is 9.59 Å². The van der Waals surface area contributed by atoms with Crippen LogP contribution in [0, 0.1) is 13.8 Å². The molecule has 0 radical (unpaired) electrons. The van der Waals surface area contributed by atoms with Gasteiger partial charge in [-0.1, -0.05) is 11.6 Å². The van der Waals surface area contributed by atoms with Crippen molar-refractivity contribution in [3.63, 3.8) is 0 Å². The molecule has 43 heavy (non-hydrogen) atoms. The molecule has 11 heteroatoms. The zero-order valence-corrected chi connectivity index (χ0v) is 26.7. The average molecular weight is 611 g/mol. The van der Waals surface area contributed by atoms with Crippen LogP contribution in [0.2, 0.25) is 5.02 Å². The van der Waals surface area contributed by atoms with Crippen LogP contribution < -0.4 is 10.1 Å². The van der Waals surface area contributed by atoms with Gasteiger partial charge in [0.2, 0.25) is 5.95 Å². The lowest BCUT2D eigenvalue weighted by Crippen LogP contribution is -2.39. The third-order valence-electron chi connectivity index (χ3n) is 7.85. The Morgan fingerprint density at radius 2 is 1.72 bits per heavy atom. The highest BCUT2D eigenvalue weighted by molar-refractivity contribution is 6.36. The highest BCUT2D eigenvalue weighted by atomic mass is 35.5. The lowest BCUT2D eigenvalue weighted by molar-refractivity contribution is 0.0238. The molecule has 1 aromatic carbocycles. The predicted octanol–water partition coefficient (Wildman–Crippen LogP) is 6.39. The van der Waals surface area contributed by atoms with Gasteiger partial charge in [0, 0.05) is 36.6 Å². The summed E-state index contributed by atoms with van der Waals surface area (Å²) in [7, 11) is 0. The number of benzene rings is 1. The molecule has 0 bridgehead atoms. The van der Waals surface area contributed by atoms with Gasteiger partial charge in [-0.2, -0.15) is 0 Å². The molecule has 2 fully saturated rings. The standard InChI is InChI=1S/C32H43ClN6O4/c1-21-18-23(19-22(2)34-21)29(40)36-30-35-25-11-12-26(42-17-16-37-13-8-9-14-37)27(33)28(25)39(30)24-10-6-7-15-38(20-24)31(41)43-32(3,4)5/h11-12,18-19,24H,6-10,13-17,20H2,1-5H3,(H,35,36,40)/t24-/m1/s1. The number of hydrogen-bond acceptors (Lipinski definition) is 7. The maximum absolute atomic E-state index is 13.5. The van der Waals surface area contributed by atoms with Gasteiger partial charge in [-0.05, 0) is 104 Å². The maximum atomic E-state index is 13.5. The first-order valence-corrected chi connectivity index (χ1v) is 15.7. The van der Waals surface area contributed by atoms with Crippen LogP contribution in [0.15, 0.2) is 24.3 Å². The fourth-order valence-electron chi connectivity index (χ4n) is 5.94. The number of likely N-dealkylation sites (tertiary alicyclic amines) is 2. The van der Waals surface area contributed by atoms with Crippen molar-refractivity contribution in [3.8, 4) is 5.75 Å². The first-order valence-electron chi connectivity index (χ1n) is 15.3. The molecule has 1 atom stereocenters. The van der Waals surface area contributed by atoms with Crippen molar-refractivity contribution in [2.75, 3.05) is 44.6 Å². The van der Waals surface area contributed by atoms with E-state index in [4.69, 9.17) is 26.1 Å². The third-order valence-corrected chi connectivity index (χ3v) is 8.22. The van der Waals surface area contributed by atoms with Gasteiger partial charge in [-0.15, -0.1) is 0 Å². The van der Waals surface area contributed by atoms with Crippen molar-refractivity contribution >= 4 is 40.6 Å². The van der Waals surface area contributed by atoms with Crippen LogP contribution >= 0.6 is 11.6 Å². The zero-order valence-electron chi connectivity index (χ0n) is 25.9. The lowest BCUT2D eigenvalue weighted by Gasteiger charge is -2.29. The first-order chi connectivity index (χ1) is 20.5. The minimum Gasteiger partial charge on any atom is -0.491 e. The number of rotatable bonds is 7. The van der Waals surface area contributed by atoms with E-state index in [1.54, 1.807) is 17.0 Å². The van der Waals surface area contributed by atoms with Crippen LogP contribution in [-0.2, 0) is 4.74 Å². The number of carbonyl (C=O) groups is 2. The van der Waals surface area contributed by atoms with E-state index in [0.29, 0.717) is 53.0 Å². The zero-order chi connectivity index (χ0) is 30.7. The Morgan fingerprint density at radius 3 is 2.42 bits per heavy atom. The van der Waals surface area contributed by atoms with Crippen LogP contribution in [0.5, 0.6) is 5.75 Å². The second-order valence-electron chi connectivity index (χ2n) is 12.6. The number of carbonyl (C=O) groups excluding carboxylic acids is 2. The Hall–Kier alpha value is -3.37. The van der Waals surface area contributed by atoms with Crippen molar-refractivity contribution in [2.45, 2.75) is 78.4 Å². The molecule has 2 amide bonds. The molecule has 1 N–H and O–H groups in total. The van der Waals surface area contributed by atoms with Gasteiger partial charge in [0.15, 0.2) is 0 Å². The molecule has 0 unspecified atom stereocenters. The van der Waals surface area contributed by atoms with Crippen LogP contribution in [0.3, 0.4) is 0 Å². The molecule has 232 valence electrons. The van der Waals surface area contributed by atoms with Crippen molar-refractivity contribution in [2.24, 2.45) is 0 Å². The molecule has 0 spiro atoms. The van der Waals surface area contributed by atoms with E-state index < -0.39 is 5.60 Å². The number of halogens is 1. The van der Waals surface area contributed by atoms with E-state index in [2.05, 4.69) is 15.2 Å². The summed E-state index contributed by atoms with van der Waals surface area (Å²) < 4.78 is 13.9. The summed E-state index contributed by atoms with van der Waals surface area (Å²) in [6.45, 7) is 13.9. The van der Waals surface area contributed by atoms with Crippen LogP contribution in [0.25, 0.3) is 11.0 Å². The second-order valence-corrected chi connectivity index (χ2v) is 13.0. The number of ether oxygens (including phenoxy) is 2. The summed E-state index contributed by atoms with van der Waals surface area (Å²) in [4.78, 5) is 40.0. The lowest BCUT2D eigenvalue weighted by atomic mass is 10.1. The summed E-state index contributed by atoms with van der Waals surface area (Å²) in [6.07, 6.45) is 4.61. The monoisotopic (exact) mass is 610 g/mol. The molecule has 3 aromatic rings. The fourth-order valence-corrected chi connectivity index (χ4v) is 6.24. The van der Waals surface area contributed by atoms with E-state index in [1.165, 1.54) is 12.8 Å². The second kappa shape index (κ2) is 13.1. The smallest absolute Gasteiger partial charge is 0.410 e. The van der Waals surface area contributed by atoms with Gasteiger partial charge in [-0.25, -0.2) is 9.78 Å². The van der Waals surface area contributed by atoms with Gasteiger partial charge >= 0.3 is 6.09 Å². The molecule has 0 saturated carbocycles. The van der Waals surface area contributed by atoms with E-state index in [-0.39, 0.29) is 18.0 Å². The fraction of sp³-hybridized carbons (Fsp3) is 0.562. The minimum absolute atomic E-state index is 0.200. The number of hydrogen-bond donors (Lipinski definition) is 1. The summed E-state index contributed by atoms with van der Waals surface area (Å²) in [5.74, 6) is 0.658. The van der Waals surface area contributed by atoms with Gasteiger partial charge in [-0.3, -0.25) is 20.0 Å². The predicted molar refractivity (Wildman–Crippen MR) is 168 cm³/mol. The summed E-state index contributed by atoms with van der Waals surface area (Å²) >= 11 is 7.07. The van der Waals surface area contributed by atoms with E-state index in [1.807, 2.05) is 51.3 Å². The van der Waals surface area contributed by atoms with Gasteiger partial charge in [0.05, 0.1) is 17.1 Å². The van der Waals surface area contributed by atoms with Crippen molar-refractivity contribution in [1.29, 1.82) is 0 Å². The number of aryl methyl sites for hydroxylation is 2. The average Bonchev–Trinajstić information content (AvgIpc) is 3.50. The van der Waals surface area contributed by atoms with Crippen molar-refractivity contribution in [3.05, 3.63) is 46.2 Å². The Bertz CT molecular complexity index is 1460. The Kier molecular flexibility index (Phi) is 9.46. The van der Waals surface area contributed by atoms with E-state index in [0.717, 1.165) is 50.3 Å². The summed E-state index contributed by atoms with van der Waals surface area (Å²) in [5.41, 5.74) is 2.72. The normalized spacial score (nSPS) is 18.1. The topological polar surface area (TPSA) is 102 Å². The summed E-state index contributed by atoms with van der Waals surface area (Å²) in [5, 5.41) is 3.48. The number of anilines is 1. The third kappa shape index (κ3) is 7.59. The molecule has 2 saturated heterocycles. The molecular formula is C32H43ClN6O4. The largest absolute Gasteiger partial charge is 0.491 e. The summed E-state index contributed by atoms with van der Waals surface area (Å²) in [6, 6.07) is 7.03. The number of fused-ring (bicyclic) bond motifs is 1. The molecule has 2 aromatic heterocycles. The Labute approximate surface area is 258 Å². The number of imidazole rings is 1. The van der Waals surface area contributed by atoms with Gasteiger partial charge in [0.1, 0.15) is 23.0 Å².